The molecular weight excluding hydrogens is 258 g/mol. The lowest BCUT2D eigenvalue weighted by Gasteiger charge is -2.21. The molecule has 0 aliphatic rings. The highest BCUT2D eigenvalue weighted by atomic mass is 32.2. The zero-order valence-electron chi connectivity index (χ0n) is 10.8. The predicted molar refractivity (Wildman–Crippen MR) is 65.8 cm³/mol. The Morgan fingerprint density at radius 2 is 2.11 bits per heavy atom. The van der Waals surface area contributed by atoms with Crippen molar-refractivity contribution in [3.63, 3.8) is 0 Å². The first-order valence-electron chi connectivity index (χ1n) is 5.60. The van der Waals surface area contributed by atoms with E-state index in [2.05, 4.69) is 4.72 Å². The van der Waals surface area contributed by atoms with Gasteiger partial charge >= 0.3 is 5.97 Å². The Labute approximate surface area is 108 Å². The fraction of sp³-hybridized carbons (Fsp3) is 0.800. The average molecular weight is 277 g/mol. The van der Waals surface area contributed by atoms with Gasteiger partial charge in [-0.1, -0.05) is 13.3 Å². The van der Waals surface area contributed by atoms with Crippen molar-refractivity contribution in [1.29, 1.82) is 5.26 Å². The van der Waals surface area contributed by atoms with Gasteiger partial charge in [0.05, 0.1) is 12.0 Å². The van der Waals surface area contributed by atoms with Crippen molar-refractivity contribution in [1.82, 2.24) is 9.03 Å². The molecule has 2 atom stereocenters. The van der Waals surface area contributed by atoms with Crippen LogP contribution in [0, 0.1) is 17.2 Å². The van der Waals surface area contributed by atoms with Crippen LogP contribution in [0.15, 0.2) is 0 Å². The molecule has 0 aromatic heterocycles. The number of hydrogen-bond donors (Lipinski definition) is 2. The Kier molecular flexibility index (Phi) is 6.83. The van der Waals surface area contributed by atoms with E-state index in [0.717, 1.165) is 4.31 Å². The molecule has 18 heavy (non-hydrogen) atoms. The first-order valence-corrected chi connectivity index (χ1v) is 7.04. The number of carboxylic acids is 1. The molecule has 0 spiro atoms. The normalized spacial score (nSPS) is 15.1. The second-order valence-electron chi connectivity index (χ2n) is 4.11. The second-order valence-corrected chi connectivity index (χ2v) is 5.92. The van der Waals surface area contributed by atoms with Crippen molar-refractivity contribution < 1.29 is 18.3 Å². The van der Waals surface area contributed by atoms with Crippen LogP contribution in [0.2, 0.25) is 0 Å². The Balaban J connectivity index is 4.72. The molecular formula is C10H19N3O4S. The zero-order valence-corrected chi connectivity index (χ0v) is 11.6. The largest absolute Gasteiger partial charge is 0.480 e. The molecule has 0 fully saturated rings. The lowest BCUT2D eigenvalue weighted by atomic mass is 10.2. The van der Waals surface area contributed by atoms with E-state index >= 15 is 0 Å². The molecule has 2 N–H and O–H groups in total. The molecule has 0 heterocycles. The minimum Gasteiger partial charge on any atom is -0.480 e. The molecule has 0 saturated heterocycles. The Bertz CT molecular complexity index is 415. The van der Waals surface area contributed by atoms with Gasteiger partial charge in [0.1, 0.15) is 6.04 Å². The molecule has 0 amide bonds. The van der Waals surface area contributed by atoms with Crippen molar-refractivity contribution >= 4 is 16.2 Å². The fourth-order valence-electron chi connectivity index (χ4n) is 1.32. The lowest BCUT2D eigenvalue weighted by Crippen LogP contribution is -2.47. The van der Waals surface area contributed by atoms with Crippen molar-refractivity contribution in [2.45, 2.75) is 32.7 Å². The molecule has 0 aliphatic carbocycles. The maximum absolute atomic E-state index is 11.8. The molecule has 0 saturated carbocycles. The number of nitrogens with one attached hydrogen (secondary N) is 1. The minimum absolute atomic E-state index is 0.0182. The average Bonchev–Trinajstić information content (AvgIpc) is 2.27. The smallest absolute Gasteiger partial charge is 0.321 e. The third-order valence-electron chi connectivity index (χ3n) is 2.33. The molecule has 8 heteroatoms. The Hall–Kier alpha value is -1.17. The Morgan fingerprint density at radius 3 is 2.50 bits per heavy atom. The van der Waals surface area contributed by atoms with Gasteiger partial charge in [0, 0.05) is 13.6 Å². The molecule has 0 aromatic rings. The second kappa shape index (κ2) is 7.31. The van der Waals surface area contributed by atoms with Crippen LogP contribution < -0.4 is 4.72 Å². The van der Waals surface area contributed by atoms with Gasteiger partial charge in [-0.25, -0.2) is 0 Å². The summed E-state index contributed by atoms with van der Waals surface area (Å²) in [5, 5.41) is 17.5. The number of nitriles is 1. The van der Waals surface area contributed by atoms with E-state index in [0.29, 0.717) is 6.42 Å². The van der Waals surface area contributed by atoms with Crippen molar-refractivity contribution in [3.05, 3.63) is 0 Å². The number of carboxylic acid groups (broad SMARTS) is 1. The first-order chi connectivity index (χ1) is 8.24. The Morgan fingerprint density at radius 1 is 1.56 bits per heavy atom. The van der Waals surface area contributed by atoms with Crippen LogP contribution in [0.5, 0.6) is 0 Å². The van der Waals surface area contributed by atoms with Crippen LogP contribution in [-0.2, 0) is 15.0 Å². The molecule has 0 bridgehead atoms. The van der Waals surface area contributed by atoms with Crippen molar-refractivity contribution in [2.24, 2.45) is 5.92 Å². The summed E-state index contributed by atoms with van der Waals surface area (Å²) in [7, 11) is -2.57. The van der Waals surface area contributed by atoms with E-state index in [1.54, 1.807) is 13.8 Å². The first kappa shape index (κ1) is 16.8. The van der Waals surface area contributed by atoms with E-state index in [9.17, 15) is 13.2 Å². The third kappa shape index (κ3) is 5.44. The fourth-order valence-corrected chi connectivity index (χ4v) is 2.49. The van der Waals surface area contributed by atoms with Crippen LogP contribution >= 0.6 is 0 Å². The van der Waals surface area contributed by atoms with Gasteiger partial charge in [-0.3, -0.25) is 4.79 Å². The summed E-state index contributed by atoms with van der Waals surface area (Å²) in [5.74, 6) is -1.66. The summed E-state index contributed by atoms with van der Waals surface area (Å²) in [6.07, 6.45) is 0.772. The van der Waals surface area contributed by atoms with Crippen LogP contribution in [0.3, 0.4) is 0 Å². The predicted octanol–water partition coefficient (Wildman–Crippen LogP) is 0.166. The number of carbonyl (C=O) groups is 1. The number of aliphatic carboxylic acids is 1. The number of hydrogen-bond acceptors (Lipinski definition) is 4. The summed E-state index contributed by atoms with van der Waals surface area (Å²) in [6.45, 7) is 3.38. The van der Waals surface area contributed by atoms with Crippen LogP contribution in [0.4, 0.5) is 0 Å². The van der Waals surface area contributed by atoms with Crippen molar-refractivity contribution in [2.75, 3.05) is 13.6 Å². The van der Waals surface area contributed by atoms with Gasteiger partial charge in [0.25, 0.3) is 10.2 Å². The monoisotopic (exact) mass is 277 g/mol. The van der Waals surface area contributed by atoms with Crippen LogP contribution in [0.1, 0.15) is 26.7 Å². The molecule has 0 aromatic carbocycles. The highest BCUT2D eigenvalue weighted by molar-refractivity contribution is 7.87. The molecule has 104 valence electrons. The van der Waals surface area contributed by atoms with Crippen LogP contribution in [0.25, 0.3) is 0 Å². The summed E-state index contributed by atoms with van der Waals surface area (Å²) in [6, 6.07) is 0.780. The van der Waals surface area contributed by atoms with E-state index in [-0.39, 0.29) is 13.0 Å². The van der Waals surface area contributed by atoms with Gasteiger partial charge in [0.15, 0.2) is 0 Å². The standard InChI is InChI=1S/C10H19N3O4S/c1-4-5-9(10(14)15)12-18(16,17)13(3)7-8(2)6-11/h8-9,12H,4-5,7H2,1-3H3,(H,14,15). The van der Waals surface area contributed by atoms with E-state index in [4.69, 9.17) is 10.4 Å². The molecule has 0 radical (unpaired) electrons. The van der Waals surface area contributed by atoms with Gasteiger partial charge in [-0.2, -0.15) is 22.7 Å². The summed E-state index contributed by atoms with van der Waals surface area (Å²) in [4.78, 5) is 10.9. The number of nitrogens with zero attached hydrogens (tertiary/aromatic N) is 2. The minimum atomic E-state index is -3.88. The van der Waals surface area contributed by atoms with Crippen molar-refractivity contribution in [3.8, 4) is 6.07 Å². The van der Waals surface area contributed by atoms with Gasteiger partial charge in [-0.15, -0.1) is 0 Å². The van der Waals surface area contributed by atoms with Gasteiger partial charge < -0.3 is 5.11 Å². The van der Waals surface area contributed by atoms with E-state index < -0.39 is 28.1 Å². The summed E-state index contributed by atoms with van der Waals surface area (Å²) >= 11 is 0. The highest BCUT2D eigenvalue weighted by Crippen LogP contribution is 2.05. The molecule has 0 aliphatic heterocycles. The zero-order chi connectivity index (χ0) is 14.3. The molecule has 0 rings (SSSR count). The molecule has 2 unspecified atom stereocenters. The SMILES string of the molecule is CCCC(NS(=O)(=O)N(C)CC(C)C#N)C(=O)O. The topological polar surface area (TPSA) is 111 Å². The van der Waals surface area contributed by atoms with E-state index in [1.807, 2.05) is 6.07 Å². The lowest BCUT2D eigenvalue weighted by molar-refractivity contribution is -0.139. The van der Waals surface area contributed by atoms with Gasteiger partial charge in [-0.05, 0) is 13.3 Å². The highest BCUT2D eigenvalue weighted by Gasteiger charge is 2.27. The number of rotatable bonds is 8. The third-order valence-corrected chi connectivity index (χ3v) is 3.88. The maximum Gasteiger partial charge on any atom is 0.321 e. The van der Waals surface area contributed by atoms with Crippen LogP contribution in [-0.4, -0.2) is 43.4 Å². The maximum atomic E-state index is 11.8. The summed E-state index contributed by atoms with van der Waals surface area (Å²) in [5.41, 5.74) is 0. The van der Waals surface area contributed by atoms with Gasteiger partial charge in [0.2, 0.25) is 0 Å². The van der Waals surface area contributed by atoms with E-state index in [1.165, 1.54) is 7.05 Å². The summed E-state index contributed by atoms with van der Waals surface area (Å²) < 4.78 is 26.7. The molecule has 7 nitrogen and oxygen atoms in total. The quantitative estimate of drug-likeness (QED) is 0.657.